The lowest BCUT2D eigenvalue weighted by Gasteiger charge is -2.09. The van der Waals surface area contributed by atoms with Crippen molar-refractivity contribution in [1.29, 1.82) is 0 Å². The van der Waals surface area contributed by atoms with Gasteiger partial charge < -0.3 is 10.5 Å². The van der Waals surface area contributed by atoms with Gasteiger partial charge in [-0.2, -0.15) is 0 Å². The maximum Gasteiger partial charge on any atom is 0.137 e. The third-order valence-electron chi connectivity index (χ3n) is 2.98. The van der Waals surface area contributed by atoms with Gasteiger partial charge in [0.05, 0.1) is 7.11 Å². The fourth-order valence-corrected chi connectivity index (χ4v) is 1.99. The number of hydrogen-bond donors (Lipinski definition) is 1. The summed E-state index contributed by atoms with van der Waals surface area (Å²) in [5.74, 6) is 1.08. The molecule has 0 aliphatic carbocycles. The molecular formula is C15H23NO2. The average Bonchev–Trinajstić information content (AvgIpc) is 2.35. The molecule has 2 N–H and O–H groups in total. The molecule has 0 atom stereocenters. The van der Waals surface area contributed by atoms with Crippen molar-refractivity contribution in [2.75, 3.05) is 13.7 Å². The number of carbonyl (C=O) groups is 1. The highest BCUT2D eigenvalue weighted by Gasteiger charge is 2.08. The van der Waals surface area contributed by atoms with Crippen LogP contribution in [0.4, 0.5) is 0 Å². The summed E-state index contributed by atoms with van der Waals surface area (Å²) >= 11 is 0. The van der Waals surface area contributed by atoms with Gasteiger partial charge in [0.25, 0.3) is 0 Å². The van der Waals surface area contributed by atoms with E-state index in [1.165, 1.54) is 0 Å². The van der Waals surface area contributed by atoms with Crippen LogP contribution in [0.25, 0.3) is 0 Å². The van der Waals surface area contributed by atoms with Crippen molar-refractivity contribution < 1.29 is 9.53 Å². The Bertz CT molecular complexity index is 388. The van der Waals surface area contributed by atoms with Crippen LogP contribution in [0.3, 0.4) is 0 Å². The molecule has 0 bridgehead atoms. The minimum absolute atomic E-state index is 0.274. The summed E-state index contributed by atoms with van der Waals surface area (Å²) in [5, 5.41) is 0. The van der Waals surface area contributed by atoms with E-state index in [1.54, 1.807) is 7.11 Å². The van der Waals surface area contributed by atoms with Crippen LogP contribution in [0.2, 0.25) is 0 Å². The maximum atomic E-state index is 11.9. The predicted octanol–water partition coefficient (Wildman–Crippen LogP) is 2.63. The van der Waals surface area contributed by atoms with E-state index in [1.807, 2.05) is 25.1 Å². The monoisotopic (exact) mass is 249 g/mol. The molecule has 1 aromatic rings. The molecule has 1 aromatic carbocycles. The number of rotatable bonds is 8. The summed E-state index contributed by atoms with van der Waals surface area (Å²) in [6, 6.07) is 5.94. The molecule has 0 aliphatic heterocycles. The van der Waals surface area contributed by atoms with Crippen LogP contribution in [0.1, 0.15) is 36.8 Å². The molecule has 0 saturated heterocycles. The summed E-state index contributed by atoms with van der Waals surface area (Å²) in [4.78, 5) is 11.9. The number of benzene rings is 1. The van der Waals surface area contributed by atoms with Crippen LogP contribution >= 0.6 is 0 Å². The number of ketones is 1. The SMILES string of the molecule is COc1ccc(C)cc1CC(=O)CCCCCN. The number of unbranched alkanes of at least 4 members (excludes halogenated alkanes) is 2. The molecule has 0 heterocycles. The Hall–Kier alpha value is -1.35. The van der Waals surface area contributed by atoms with Crippen molar-refractivity contribution in [1.82, 2.24) is 0 Å². The Balaban J connectivity index is 2.50. The lowest BCUT2D eigenvalue weighted by atomic mass is 10.0. The highest BCUT2D eigenvalue weighted by molar-refractivity contribution is 5.81. The molecular weight excluding hydrogens is 226 g/mol. The molecule has 3 heteroatoms. The smallest absolute Gasteiger partial charge is 0.137 e. The summed E-state index contributed by atoms with van der Waals surface area (Å²) in [7, 11) is 1.64. The molecule has 0 fully saturated rings. The van der Waals surface area contributed by atoms with Crippen molar-refractivity contribution >= 4 is 5.78 Å². The lowest BCUT2D eigenvalue weighted by Crippen LogP contribution is -2.05. The zero-order valence-corrected chi connectivity index (χ0v) is 11.4. The van der Waals surface area contributed by atoms with Crippen molar-refractivity contribution in [3.05, 3.63) is 29.3 Å². The zero-order valence-electron chi connectivity index (χ0n) is 11.4. The normalized spacial score (nSPS) is 10.4. The van der Waals surface area contributed by atoms with Crippen LogP contribution in [-0.2, 0) is 11.2 Å². The quantitative estimate of drug-likeness (QED) is 0.721. The topological polar surface area (TPSA) is 52.3 Å². The van der Waals surface area contributed by atoms with Crippen LogP contribution in [0.15, 0.2) is 18.2 Å². The van der Waals surface area contributed by atoms with Crippen molar-refractivity contribution in [3.8, 4) is 5.75 Å². The van der Waals surface area contributed by atoms with Crippen molar-refractivity contribution in [2.24, 2.45) is 5.73 Å². The van der Waals surface area contributed by atoms with E-state index >= 15 is 0 Å². The second kappa shape index (κ2) is 7.88. The first-order valence-corrected chi connectivity index (χ1v) is 6.52. The Kier molecular flexibility index (Phi) is 6.44. The Labute approximate surface area is 109 Å². The van der Waals surface area contributed by atoms with Gasteiger partial charge in [0, 0.05) is 18.4 Å². The summed E-state index contributed by atoms with van der Waals surface area (Å²) in [6.45, 7) is 2.73. The first-order chi connectivity index (χ1) is 8.67. The fraction of sp³-hybridized carbons (Fsp3) is 0.533. The maximum absolute atomic E-state index is 11.9. The standard InChI is InChI=1S/C15H23NO2/c1-12-7-8-15(18-2)13(10-12)11-14(17)6-4-3-5-9-16/h7-8,10H,3-6,9,11,16H2,1-2H3. The molecule has 0 amide bonds. The highest BCUT2D eigenvalue weighted by atomic mass is 16.5. The van der Waals surface area contributed by atoms with Gasteiger partial charge in [-0.1, -0.05) is 24.1 Å². The van der Waals surface area contributed by atoms with E-state index in [0.29, 0.717) is 19.4 Å². The molecule has 18 heavy (non-hydrogen) atoms. The molecule has 0 aliphatic rings. The van der Waals surface area contributed by atoms with Gasteiger partial charge in [-0.05, 0) is 32.4 Å². The third kappa shape index (κ3) is 4.88. The zero-order chi connectivity index (χ0) is 13.4. The highest BCUT2D eigenvalue weighted by Crippen LogP contribution is 2.21. The van der Waals surface area contributed by atoms with Crippen LogP contribution in [-0.4, -0.2) is 19.4 Å². The molecule has 1 rings (SSSR count). The molecule has 0 saturated carbocycles. The van der Waals surface area contributed by atoms with E-state index in [9.17, 15) is 4.79 Å². The number of Topliss-reactive ketones (excluding diaryl/α,β-unsaturated/α-hetero) is 1. The molecule has 3 nitrogen and oxygen atoms in total. The van der Waals surface area contributed by atoms with E-state index in [-0.39, 0.29) is 5.78 Å². The average molecular weight is 249 g/mol. The van der Waals surface area contributed by atoms with Gasteiger partial charge in [-0.25, -0.2) is 0 Å². The fourth-order valence-electron chi connectivity index (χ4n) is 1.99. The summed E-state index contributed by atoms with van der Waals surface area (Å²) < 4.78 is 5.28. The van der Waals surface area contributed by atoms with Gasteiger partial charge >= 0.3 is 0 Å². The van der Waals surface area contributed by atoms with E-state index in [0.717, 1.165) is 36.1 Å². The first kappa shape index (κ1) is 14.7. The molecule has 0 spiro atoms. The van der Waals surface area contributed by atoms with Gasteiger partial charge in [0.2, 0.25) is 0 Å². The Morgan fingerprint density at radius 2 is 2.06 bits per heavy atom. The molecule has 0 radical (unpaired) electrons. The van der Waals surface area contributed by atoms with E-state index in [2.05, 4.69) is 0 Å². The third-order valence-corrected chi connectivity index (χ3v) is 2.98. The number of carbonyl (C=O) groups excluding carboxylic acids is 1. The summed E-state index contributed by atoms with van der Waals surface area (Å²) in [6.07, 6.45) is 4.07. The second-order valence-electron chi connectivity index (χ2n) is 4.63. The van der Waals surface area contributed by atoms with Crippen LogP contribution in [0.5, 0.6) is 5.75 Å². The second-order valence-corrected chi connectivity index (χ2v) is 4.63. The number of nitrogens with two attached hydrogens (primary N) is 1. The summed E-state index contributed by atoms with van der Waals surface area (Å²) in [5.41, 5.74) is 7.56. The van der Waals surface area contributed by atoms with Crippen LogP contribution in [0, 0.1) is 6.92 Å². The van der Waals surface area contributed by atoms with E-state index < -0.39 is 0 Å². The van der Waals surface area contributed by atoms with Crippen molar-refractivity contribution in [3.63, 3.8) is 0 Å². The number of ether oxygens (including phenoxy) is 1. The van der Waals surface area contributed by atoms with E-state index in [4.69, 9.17) is 10.5 Å². The van der Waals surface area contributed by atoms with Gasteiger partial charge in [-0.3, -0.25) is 4.79 Å². The van der Waals surface area contributed by atoms with Gasteiger partial charge in [0.1, 0.15) is 11.5 Å². The molecule has 0 unspecified atom stereocenters. The predicted molar refractivity (Wildman–Crippen MR) is 74.0 cm³/mol. The van der Waals surface area contributed by atoms with Crippen molar-refractivity contribution in [2.45, 2.75) is 39.0 Å². The number of methoxy groups -OCH3 is 1. The largest absolute Gasteiger partial charge is 0.496 e. The first-order valence-electron chi connectivity index (χ1n) is 6.52. The van der Waals surface area contributed by atoms with Crippen LogP contribution < -0.4 is 10.5 Å². The Morgan fingerprint density at radius 3 is 2.72 bits per heavy atom. The number of hydrogen-bond acceptors (Lipinski definition) is 3. The minimum Gasteiger partial charge on any atom is -0.496 e. The van der Waals surface area contributed by atoms with Gasteiger partial charge in [0.15, 0.2) is 0 Å². The lowest BCUT2D eigenvalue weighted by molar-refractivity contribution is -0.118. The Morgan fingerprint density at radius 1 is 1.28 bits per heavy atom. The van der Waals surface area contributed by atoms with Gasteiger partial charge in [-0.15, -0.1) is 0 Å². The molecule has 0 aromatic heterocycles. The number of aryl methyl sites for hydroxylation is 1. The molecule has 100 valence electrons. The minimum atomic E-state index is 0.274.